The second-order valence-corrected chi connectivity index (χ2v) is 8.41. The van der Waals surface area contributed by atoms with Gasteiger partial charge in [0.1, 0.15) is 11.7 Å². The third-order valence-electron chi connectivity index (χ3n) is 5.77. The number of anilines is 1. The number of hydrogen-bond donors (Lipinski definition) is 3. The number of hydrogen-bond acceptors (Lipinski definition) is 6. The zero-order valence-electron chi connectivity index (χ0n) is 20.1. The highest BCUT2D eigenvalue weighted by molar-refractivity contribution is 5.94. The number of benzene rings is 1. The molecule has 0 unspecified atom stereocenters. The van der Waals surface area contributed by atoms with Crippen molar-refractivity contribution >= 4 is 29.3 Å². The molecule has 0 saturated carbocycles. The van der Waals surface area contributed by atoms with Gasteiger partial charge in [0.25, 0.3) is 0 Å². The molecule has 0 radical (unpaired) electrons. The maximum atomic E-state index is 14.9. The Labute approximate surface area is 204 Å². The molecule has 2 aromatic heterocycles. The number of aromatic amines is 2. The van der Waals surface area contributed by atoms with E-state index in [0.29, 0.717) is 22.9 Å². The summed E-state index contributed by atoms with van der Waals surface area (Å²) in [5.74, 6) is 1.56. The van der Waals surface area contributed by atoms with Gasteiger partial charge in [-0.25, -0.2) is 14.4 Å². The first-order valence-corrected chi connectivity index (χ1v) is 11.5. The minimum atomic E-state index is -0.402. The first-order valence-electron chi connectivity index (χ1n) is 11.5. The van der Waals surface area contributed by atoms with Crippen molar-refractivity contribution in [2.45, 2.75) is 13.8 Å². The second-order valence-electron chi connectivity index (χ2n) is 8.41. The summed E-state index contributed by atoms with van der Waals surface area (Å²) >= 11 is 0. The largest absolute Gasteiger partial charge is 0.468 e. The molecule has 35 heavy (non-hydrogen) atoms. The van der Waals surface area contributed by atoms with Crippen molar-refractivity contribution in [1.29, 1.82) is 0 Å². The number of nitrogens with zero attached hydrogens (tertiary/aromatic N) is 5. The molecule has 1 aromatic carbocycles. The van der Waals surface area contributed by atoms with Gasteiger partial charge in [0, 0.05) is 67.2 Å². The van der Waals surface area contributed by atoms with E-state index >= 15 is 0 Å². The number of fused-ring (bicyclic) bond motifs is 1. The molecule has 1 fully saturated rings. The fourth-order valence-corrected chi connectivity index (χ4v) is 4.00. The number of aliphatic imine (C=N–C) groups is 2. The van der Waals surface area contributed by atoms with Crippen LogP contribution in [0.3, 0.4) is 0 Å². The standard InChI is InChI=1S/C25H31FN8O/c1-5-8-33-9-11-34(12-10-33)24(15-22(27-4)30-23-14-18(3)31-32-23)28-16-35-21-7-6-20-19(25(21)26)13-17(2)29-20/h5-7,13-15,29H,1,4,8-12,16H2,2-3H3,(H2,30,31,32)/b22-15+,28-24+. The van der Waals surface area contributed by atoms with Crippen LogP contribution < -0.4 is 10.1 Å². The quantitative estimate of drug-likeness (QED) is 0.247. The number of aryl methyl sites for hydroxylation is 2. The van der Waals surface area contributed by atoms with Gasteiger partial charge in [-0.1, -0.05) is 6.08 Å². The van der Waals surface area contributed by atoms with E-state index in [0.717, 1.165) is 49.6 Å². The first kappa shape index (κ1) is 24.2. The van der Waals surface area contributed by atoms with E-state index in [-0.39, 0.29) is 12.5 Å². The predicted octanol–water partition coefficient (Wildman–Crippen LogP) is 3.84. The Morgan fingerprint density at radius 1 is 1.23 bits per heavy atom. The van der Waals surface area contributed by atoms with Crippen molar-refractivity contribution in [3.8, 4) is 5.75 Å². The molecule has 3 heterocycles. The Morgan fingerprint density at radius 2 is 2.03 bits per heavy atom. The van der Waals surface area contributed by atoms with Gasteiger partial charge in [-0.15, -0.1) is 6.58 Å². The fraction of sp³-hybridized carbons (Fsp3) is 0.320. The molecular weight excluding hydrogens is 447 g/mol. The number of aromatic nitrogens is 3. The summed E-state index contributed by atoms with van der Waals surface area (Å²) in [6.07, 6.45) is 3.71. The van der Waals surface area contributed by atoms with E-state index in [2.05, 4.69) is 53.6 Å². The number of nitrogens with one attached hydrogen (secondary N) is 3. The Hall–Kier alpha value is -3.92. The lowest BCUT2D eigenvalue weighted by atomic mass is 10.2. The van der Waals surface area contributed by atoms with E-state index in [1.54, 1.807) is 24.3 Å². The van der Waals surface area contributed by atoms with Gasteiger partial charge in [-0.2, -0.15) is 5.10 Å². The van der Waals surface area contributed by atoms with Gasteiger partial charge in [-0.3, -0.25) is 10.00 Å². The molecule has 1 aliphatic heterocycles. The number of H-pyrrole nitrogens is 2. The van der Waals surface area contributed by atoms with Crippen molar-refractivity contribution < 1.29 is 9.13 Å². The van der Waals surface area contributed by atoms with E-state index in [4.69, 9.17) is 4.74 Å². The van der Waals surface area contributed by atoms with Gasteiger partial charge in [0.15, 0.2) is 24.1 Å². The van der Waals surface area contributed by atoms with Gasteiger partial charge >= 0.3 is 0 Å². The maximum absolute atomic E-state index is 14.9. The van der Waals surface area contributed by atoms with Gasteiger partial charge in [0.2, 0.25) is 0 Å². The molecule has 0 amide bonds. The molecule has 9 nitrogen and oxygen atoms in total. The monoisotopic (exact) mass is 478 g/mol. The number of rotatable bonds is 9. The van der Waals surface area contributed by atoms with Crippen LogP contribution in [0.4, 0.5) is 10.2 Å². The average molecular weight is 479 g/mol. The van der Waals surface area contributed by atoms with Crippen LogP contribution in [0.15, 0.2) is 58.8 Å². The molecule has 184 valence electrons. The van der Waals surface area contributed by atoms with E-state index in [1.807, 2.05) is 26.0 Å². The number of amidine groups is 1. The molecule has 1 saturated heterocycles. The van der Waals surface area contributed by atoms with Crippen LogP contribution in [0, 0.1) is 19.7 Å². The Kier molecular flexibility index (Phi) is 7.61. The predicted molar refractivity (Wildman–Crippen MR) is 139 cm³/mol. The zero-order chi connectivity index (χ0) is 24.8. The first-order chi connectivity index (χ1) is 17.0. The van der Waals surface area contributed by atoms with Crippen molar-refractivity contribution in [3.63, 3.8) is 0 Å². The molecule has 0 atom stereocenters. The van der Waals surface area contributed by atoms with Crippen LogP contribution in [0.5, 0.6) is 5.75 Å². The second kappa shape index (κ2) is 11.0. The number of piperazine rings is 1. The normalized spacial score (nSPS) is 15.5. The topological polar surface area (TPSA) is 96.9 Å². The summed E-state index contributed by atoms with van der Waals surface area (Å²) in [5.41, 5.74) is 2.55. The lowest BCUT2D eigenvalue weighted by Crippen LogP contribution is -2.48. The highest BCUT2D eigenvalue weighted by Gasteiger charge is 2.19. The molecule has 10 heteroatoms. The van der Waals surface area contributed by atoms with Crippen molar-refractivity contribution in [2.24, 2.45) is 9.98 Å². The van der Waals surface area contributed by atoms with Crippen LogP contribution in [-0.2, 0) is 0 Å². The van der Waals surface area contributed by atoms with Gasteiger partial charge in [-0.05, 0) is 38.8 Å². The Morgan fingerprint density at radius 3 is 2.71 bits per heavy atom. The van der Waals surface area contributed by atoms with E-state index in [1.165, 1.54) is 0 Å². The number of ether oxygens (including phenoxy) is 1. The minimum absolute atomic E-state index is 0.0452. The van der Waals surface area contributed by atoms with Gasteiger partial charge in [0.05, 0.1) is 0 Å². The molecular formula is C25H31FN8O. The van der Waals surface area contributed by atoms with E-state index < -0.39 is 5.82 Å². The van der Waals surface area contributed by atoms with Crippen LogP contribution >= 0.6 is 0 Å². The summed E-state index contributed by atoms with van der Waals surface area (Å²) in [7, 11) is 0. The fourth-order valence-electron chi connectivity index (χ4n) is 4.00. The third-order valence-corrected chi connectivity index (χ3v) is 5.77. The van der Waals surface area contributed by atoms with Crippen LogP contribution in [0.1, 0.15) is 11.4 Å². The molecule has 4 rings (SSSR count). The lowest BCUT2D eigenvalue weighted by molar-refractivity contribution is 0.197. The van der Waals surface area contributed by atoms with Crippen molar-refractivity contribution in [3.05, 3.63) is 66.0 Å². The summed E-state index contributed by atoms with van der Waals surface area (Å²) < 4.78 is 20.6. The van der Waals surface area contributed by atoms with Crippen molar-refractivity contribution in [1.82, 2.24) is 25.0 Å². The van der Waals surface area contributed by atoms with E-state index in [9.17, 15) is 4.39 Å². The highest BCUT2D eigenvalue weighted by Crippen LogP contribution is 2.27. The molecule has 0 bridgehead atoms. The lowest BCUT2D eigenvalue weighted by Gasteiger charge is -2.35. The average Bonchev–Trinajstić information content (AvgIpc) is 3.44. The third kappa shape index (κ3) is 5.96. The smallest absolute Gasteiger partial charge is 0.181 e. The Balaban J connectivity index is 1.54. The molecule has 0 spiro atoms. The van der Waals surface area contributed by atoms with Crippen molar-refractivity contribution in [2.75, 3.05) is 44.8 Å². The molecule has 1 aliphatic rings. The molecule has 3 aromatic rings. The minimum Gasteiger partial charge on any atom is -0.468 e. The molecule has 0 aliphatic carbocycles. The summed E-state index contributed by atoms with van der Waals surface area (Å²) in [4.78, 5) is 16.4. The summed E-state index contributed by atoms with van der Waals surface area (Å²) in [6.45, 7) is 15.4. The van der Waals surface area contributed by atoms with Crippen LogP contribution in [-0.4, -0.2) is 77.0 Å². The van der Waals surface area contributed by atoms with Gasteiger partial charge < -0.3 is 19.9 Å². The number of halogens is 1. The summed E-state index contributed by atoms with van der Waals surface area (Å²) in [5, 5.41) is 10.7. The summed E-state index contributed by atoms with van der Waals surface area (Å²) in [6, 6.07) is 7.06. The zero-order valence-corrected chi connectivity index (χ0v) is 20.1. The SMILES string of the molecule is C=CCN1CCN(C(/C=C(\N=C)Nc2cc(C)[nH]n2)=N/COc2ccc3[nH]c(C)cc3c2F)CC1. The highest BCUT2D eigenvalue weighted by atomic mass is 19.1. The molecule has 3 N–H and O–H groups in total. The van der Waals surface area contributed by atoms with Crippen LogP contribution in [0.2, 0.25) is 0 Å². The maximum Gasteiger partial charge on any atom is 0.181 e. The van der Waals surface area contributed by atoms with Crippen LogP contribution in [0.25, 0.3) is 10.9 Å². The Bertz CT molecular complexity index is 1250.